The second-order valence-electron chi connectivity index (χ2n) is 5.48. The first-order chi connectivity index (χ1) is 9.90. The minimum absolute atomic E-state index is 0.425. The Hall–Kier alpha value is -1.78. The van der Waals surface area contributed by atoms with Crippen LogP contribution in [-0.4, -0.2) is 30.3 Å². The van der Waals surface area contributed by atoms with Crippen LogP contribution < -0.4 is 0 Å². The van der Waals surface area contributed by atoms with Crippen LogP contribution in [0, 0.1) is 5.92 Å². The van der Waals surface area contributed by atoms with Crippen LogP contribution in [0.4, 0.5) is 0 Å². The molecule has 1 aliphatic heterocycles. The van der Waals surface area contributed by atoms with E-state index in [1.165, 1.54) is 20.1 Å². The van der Waals surface area contributed by atoms with Gasteiger partial charge < -0.3 is 14.2 Å². The molecule has 0 saturated heterocycles. The van der Waals surface area contributed by atoms with Crippen LogP contribution in [0.3, 0.4) is 0 Å². The summed E-state index contributed by atoms with van der Waals surface area (Å²) in [6.07, 6.45) is 7.18. The van der Waals surface area contributed by atoms with E-state index in [9.17, 15) is 9.59 Å². The number of esters is 2. The first-order valence-corrected chi connectivity index (χ1v) is 7.23. The summed E-state index contributed by atoms with van der Waals surface area (Å²) in [5.41, 5.74) is 0. The summed E-state index contributed by atoms with van der Waals surface area (Å²) < 4.78 is 15.9. The highest BCUT2D eigenvalue weighted by Gasteiger charge is 2.35. The van der Waals surface area contributed by atoms with Gasteiger partial charge in [-0.1, -0.05) is 19.9 Å². The Morgan fingerprint density at radius 2 is 1.90 bits per heavy atom. The van der Waals surface area contributed by atoms with E-state index in [1.54, 1.807) is 6.08 Å². The molecule has 0 radical (unpaired) electrons. The molecule has 0 saturated carbocycles. The largest absolute Gasteiger partial charge is 0.490 e. The Bertz CT molecular complexity index is 411. The van der Waals surface area contributed by atoms with Crippen molar-refractivity contribution in [1.82, 2.24) is 0 Å². The normalized spacial score (nSPS) is 24.9. The summed E-state index contributed by atoms with van der Waals surface area (Å²) >= 11 is 0. The molecule has 0 fully saturated rings. The molecule has 0 aliphatic carbocycles. The average Bonchev–Trinajstić information content (AvgIpc) is 2.36. The molecule has 21 heavy (non-hydrogen) atoms. The molecule has 3 atom stereocenters. The van der Waals surface area contributed by atoms with Gasteiger partial charge in [0.2, 0.25) is 0 Å². The third-order valence-corrected chi connectivity index (χ3v) is 2.99. The fraction of sp³-hybridized carbons (Fsp3) is 0.625. The van der Waals surface area contributed by atoms with Gasteiger partial charge in [-0.25, -0.2) is 0 Å². The lowest BCUT2D eigenvalue weighted by atomic mass is 10.0. The zero-order chi connectivity index (χ0) is 15.8. The molecule has 0 N–H and O–H groups in total. The zero-order valence-electron chi connectivity index (χ0n) is 13.1. The number of carbonyl (C=O) groups is 2. The van der Waals surface area contributed by atoms with Gasteiger partial charge >= 0.3 is 11.9 Å². The highest BCUT2D eigenvalue weighted by Crippen LogP contribution is 2.21. The molecule has 0 aromatic carbocycles. The number of hydrogen-bond acceptors (Lipinski definition) is 5. The van der Waals surface area contributed by atoms with Crippen LogP contribution in [0.15, 0.2) is 24.5 Å². The Labute approximate surface area is 125 Å². The number of carbonyl (C=O) groups excluding carboxylic acids is 2. The van der Waals surface area contributed by atoms with Crippen molar-refractivity contribution < 1.29 is 23.8 Å². The van der Waals surface area contributed by atoms with Gasteiger partial charge in [0.15, 0.2) is 18.3 Å². The number of hydrogen-bond donors (Lipinski definition) is 0. The van der Waals surface area contributed by atoms with Crippen LogP contribution in [0.1, 0.15) is 40.5 Å². The van der Waals surface area contributed by atoms with Gasteiger partial charge in [-0.3, -0.25) is 9.59 Å². The Balaban J connectivity index is 2.72. The van der Waals surface area contributed by atoms with Crippen molar-refractivity contribution in [2.75, 3.05) is 0 Å². The van der Waals surface area contributed by atoms with Crippen LogP contribution in [-0.2, 0) is 23.8 Å². The van der Waals surface area contributed by atoms with E-state index in [0.717, 1.165) is 12.8 Å². The maximum Gasteiger partial charge on any atom is 0.303 e. The predicted molar refractivity (Wildman–Crippen MR) is 78.3 cm³/mol. The quantitative estimate of drug-likeness (QED) is 0.557. The van der Waals surface area contributed by atoms with Crippen molar-refractivity contribution in [1.29, 1.82) is 0 Å². The monoisotopic (exact) mass is 296 g/mol. The summed E-state index contributed by atoms with van der Waals surface area (Å²) in [5, 5.41) is 0. The minimum Gasteiger partial charge on any atom is -0.490 e. The van der Waals surface area contributed by atoms with E-state index in [0.29, 0.717) is 5.92 Å². The first-order valence-electron chi connectivity index (χ1n) is 7.23. The molecular formula is C16H24O5. The lowest BCUT2D eigenvalue weighted by molar-refractivity contribution is -0.170. The third-order valence-electron chi connectivity index (χ3n) is 2.99. The van der Waals surface area contributed by atoms with Crippen molar-refractivity contribution in [2.24, 2.45) is 5.92 Å². The maximum atomic E-state index is 11.2. The average molecular weight is 296 g/mol. The standard InChI is InChI=1S/C16H24O5/c1-11(2)7-5-6-8-14-16(21-13(4)18)15(9-10-19-14)20-12(3)17/h6,8-11,14-16H,5,7H2,1-4H3/b8-6-/t14-,15-,16+/m1/s1. The SMILES string of the molecule is CC(=O)O[C@@H]1[C@H](OC(C)=O)C=CO[C@@H]1/C=C\CCC(C)C. The fourth-order valence-corrected chi connectivity index (χ4v) is 2.03. The summed E-state index contributed by atoms with van der Waals surface area (Å²) in [5.74, 6) is -0.234. The van der Waals surface area contributed by atoms with Gasteiger partial charge in [-0.15, -0.1) is 0 Å². The van der Waals surface area contributed by atoms with Crippen molar-refractivity contribution in [2.45, 2.75) is 58.8 Å². The fourth-order valence-electron chi connectivity index (χ4n) is 2.03. The van der Waals surface area contributed by atoms with E-state index in [4.69, 9.17) is 14.2 Å². The zero-order valence-corrected chi connectivity index (χ0v) is 13.1. The van der Waals surface area contributed by atoms with E-state index in [2.05, 4.69) is 13.8 Å². The molecule has 0 amide bonds. The lowest BCUT2D eigenvalue weighted by Crippen LogP contribution is -2.44. The Morgan fingerprint density at radius 1 is 1.24 bits per heavy atom. The molecule has 1 rings (SSSR count). The topological polar surface area (TPSA) is 61.8 Å². The molecule has 0 bridgehead atoms. The van der Waals surface area contributed by atoms with Crippen molar-refractivity contribution in [3.05, 3.63) is 24.5 Å². The molecule has 0 aromatic heterocycles. The third kappa shape index (κ3) is 6.47. The minimum atomic E-state index is -0.660. The smallest absolute Gasteiger partial charge is 0.303 e. The summed E-state index contributed by atoms with van der Waals surface area (Å²) in [7, 11) is 0. The van der Waals surface area contributed by atoms with Gasteiger partial charge in [0.25, 0.3) is 0 Å². The second kappa shape index (κ2) is 8.49. The van der Waals surface area contributed by atoms with Crippen molar-refractivity contribution >= 4 is 11.9 Å². The summed E-state index contributed by atoms with van der Waals surface area (Å²) in [4.78, 5) is 22.4. The number of allylic oxidation sites excluding steroid dienone is 1. The molecule has 1 aliphatic rings. The molecule has 118 valence electrons. The predicted octanol–water partition coefficient (Wildman–Crippen LogP) is 2.75. The van der Waals surface area contributed by atoms with Crippen LogP contribution in [0.5, 0.6) is 0 Å². The first kappa shape index (κ1) is 17.3. The molecule has 0 spiro atoms. The summed E-state index contributed by atoms with van der Waals surface area (Å²) in [6.45, 7) is 6.96. The van der Waals surface area contributed by atoms with Gasteiger partial charge in [0.1, 0.15) is 0 Å². The molecular weight excluding hydrogens is 272 g/mol. The van der Waals surface area contributed by atoms with E-state index < -0.39 is 30.3 Å². The van der Waals surface area contributed by atoms with Crippen LogP contribution in [0.2, 0.25) is 0 Å². The Kier molecular flexibility index (Phi) is 6.99. The van der Waals surface area contributed by atoms with Crippen LogP contribution in [0.25, 0.3) is 0 Å². The maximum absolute atomic E-state index is 11.2. The molecule has 0 unspecified atom stereocenters. The van der Waals surface area contributed by atoms with Gasteiger partial charge in [-0.05, 0) is 30.9 Å². The van der Waals surface area contributed by atoms with Gasteiger partial charge in [-0.2, -0.15) is 0 Å². The van der Waals surface area contributed by atoms with Gasteiger partial charge in [0.05, 0.1) is 6.26 Å². The summed E-state index contributed by atoms with van der Waals surface area (Å²) in [6, 6.07) is 0. The van der Waals surface area contributed by atoms with Crippen LogP contribution >= 0.6 is 0 Å². The van der Waals surface area contributed by atoms with Gasteiger partial charge in [0, 0.05) is 13.8 Å². The Morgan fingerprint density at radius 3 is 2.48 bits per heavy atom. The highest BCUT2D eigenvalue weighted by atomic mass is 16.6. The van der Waals surface area contributed by atoms with Crippen molar-refractivity contribution in [3.8, 4) is 0 Å². The highest BCUT2D eigenvalue weighted by molar-refractivity contribution is 5.67. The second-order valence-corrected chi connectivity index (χ2v) is 5.48. The number of ether oxygens (including phenoxy) is 3. The molecule has 5 nitrogen and oxygen atoms in total. The number of rotatable bonds is 6. The van der Waals surface area contributed by atoms with E-state index >= 15 is 0 Å². The molecule has 5 heteroatoms. The lowest BCUT2D eigenvalue weighted by Gasteiger charge is -2.31. The van der Waals surface area contributed by atoms with E-state index in [1.807, 2.05) is 12.2 Å². The van der Waals surface area contributed by atoms with E-state index in [-0.39, 0.29) is 0 Å². The van der Waals surface area contributed by atoms with Crippen molar-refractivity contribution in [3.63, 3.8) is 0 Å². The molecule has 0 aromatic rings. The molecule has 1 heterocycles.